The zero-order chi connectivity index (χ0) is 16.8. The van der Waals surface area contributed by atoms with Crippen molar-refractivity contribution in [1.82, 2.24) is 4.57 Å². The van der Waals surface area contributed by atoms with Gasteiger partial charge < -0.3 is 9.47 Å². The summed E-state index contributed by atoms with van der Waals surface area (Å²) < 4.78 is 1.71. The first-order valence-corrected chi connectivity index (χ1v) is 8.17. The number of aryl methyl sites for hydroxylation is 1. The summed E-state index contributed by atoms with van der Waals surface area (Å²) >= 11 is 0. The highest BCUT2D eigenvalue weighted by Gasteiger charge is 2.17. The number of benzene rings is 2. The number of nitrogens with zero attached hydrogens (tertiary/aromatic N) is 2. The molecule has 0 radical (unpaired) electrons. The third kappa shape index (κ3) is 2.16. The van der Waals surface area contributed by atoms with Gasteiger partial charge in [-0.2, -0.15) is 0 Å². The molecule has 4 rings (SSSR count). The Morgan fingerprint density at radius 1 is 0.958 bits per heavy atom. The average molecular weight is 316 g/mol. The molecule has 0 fully saturated rings. The predicted octanol–water partition coefficient (Wildman–Crippen LogP) is 4.05. The fourth-order valence-corrected chi connectivity index (χ4v) is 3.63. The van der Waals surface area contributed by atoms with E-state index < -0.39 is 0 Å². The lowest BCUT2D eigenvalue weighted by molar-refractivity contribution is 0.900. The van der Waals surface area contributed by atoms with Crippen LogP contribution < -0.4 is 10.5 Å². The van der Waals surface area contributed by atoms with Crippen LogP contribution in [0.4, 0.5) is 5.69 Å². The normalized spacial score (nSPS) is 16.0. The molecule has 0 atom stereocenters. The smallest absolute Gasteiger partial charge is 0.250 e. The van der Waals surface area contributed by atoms with Crippen LogP contribution in [0.5, 0.6) is 0 Å². The van der Waals surface area contributed by atoms with Crippen LogP contribution in [0.3, 0.4) is 0 Å². The maximum absolute atomic E-state index is 12.0. The molecule has 0 saturated heterocycles. The van der Waals surface area contributed by atoms with Crippen molar-refractivity contribution in [3.8, 4) is 0 Å². The fraction of sp³-hybridized carbons (Fsp3) is 0.190. The Hall–Kier alpha value is -2.81. The molecule has 24 heavy (non-hydrogen) atoms. The molecule has 2 heterocycles. The van der Waals surface area contributed by atoms with Crippen LogP contribution in [-0.4, -0.2) is 11.6 Å². The van der Waals surface area contributed by atoms with Crippen LogP contribution in [0.25, 0.3) is 22.6 Å². The standard InChI is InChI=1S/C21H20N2O/c1-14-12-18-17-8-11-21(24)23(3)20(17)10-9-19(18)22(2)13-15-6-4-5-7-16(14)15/h4-12H,13H2,1-3H3/b14-12-. The van der Waals surface area contributed by atoms with Gasteiger partial charge in [0.2, 0.25) is 0 Å². The SMILES string of the molecule is C/C1=C/c2c(ccc3c2ccc(=O)n3C)N(C)Cc2ccccc21. The van der Waals surface area contributed by atoms with Crippen LogP contribution in [-0.2, 0) is 13.6 Å². The van der Waals surface area contributed by atoms with E-state index in [-0.39, 0.29) is 5.56 Å². The van der Waals surface area contributed by atoms with Gasteiger partial charge in [-0.25, -0.2) is 0 Å². The maximum Gasteiger partial charge on any atom is 0.250 e. The molecular weight excluding hydrogens is 296 g/mol. The molecule has 1 aliphatic heterocycles. The molecule has 2 aromatic carbocycles. The number of aromatic nitrogens is 1. The molecule has 0 unspecified atom stereocenters. The molecule has 3 nitrogen and oxygen atoms in total. The third-order valence-electron chi connectivity index (χ3n) is 4.95. The Labute approximate surface area is 141 Å². The third-order valence-corrected chi connectivity index (χ3v) is 4.95. The van der Waals surface area contributed by atoms with Gasteiger partial charge >= 0.3 is 0 Å². The Morgan fingerprint density at radius 3 is 2.58 bits per heavy atom. The summed E-state index contributed by atoms with van der Waals surface area (Å²) in [7, 11) is 3.95. The van der Waals surface area contributed by atoms with Gasteiger partial charge in [-0.05, 0) is 47.9 Å². The summed E-state index contributed by atoms with van der Waals surface area (Å²) in [4.78, 5) is 14.2. The van der Waals surface area contributed by atoms with E-state index in [9.17, 15) is 4.79 Å². The van der Waals surface area contributed by atoms with Crippen molar-refractivity contribution < 1.29 is 0 Å². The molecule has 0 amide bonds. The van der Waals surface area contributed by atoms with E-state index >= 15 is 0 Å². The van der Waals surface area contributed by atoms with E-state index in [1.165, 1.54) is 28.0 Å². The minimum absolute atomic E-state index is 0.0210. The van der Waals surface area contributed by atoms with Crippen molar-refractivity contribution in [3.05, 3.63) is 75.6 Å². The molecule has 0 N–H and O–H groups in total. The lowest BCUT2D eigenvalue weighted by Crippen LogP contribution is -2.20. The van der Waals surface area contributed by atoms with Crippen molar-refractivity contribution in [3.63, 3.8) is 0 Å². The summed E-state index contributed by atoms with van der Waals surface area (Å²) in [6, 6.07) is 16.3. The van der Waals surface area contributed by atoms with Gasteiger partial charge in [0.1, 0.15) is 0 Å². The second-order valence-corrected chi connectivity index (χ2v) is 6.50. The zero-order valence-electron chi connectivity index (χ0n) is 14.2. The highest BCUT2D eigenvalue weighted by molar-refractivity contribution is 5.99. The number of allylic oxidation sites excluding steroid dienone is 1. The van der Waals surface area contributed by atoms with Crippen molar-refractivity contribution in [2.75, 3.05) is 11.9 Å². The number of hydrogen-bond donors (Lipinski definition) is 0. The average Bonchev–Trinajstić information content (AvgIpc) is 2.57. The van der Waals surface area contributed by atoms with Crippen LogP contribution in [0, 0.1) is 0 Å². The molecule has 1 aliphatic rings. The van der Waals surface area contributed by atoms with Gasteiger partial charge in [-0.15, -0.1) is 0 Å². The molecule has 3 heteroatoms. The molecule has 0 spiro atoms. The molecule has 0 saturated carbocycles. The lowest BCUT2D eigenvalue weighted by atomic mass is 9.94. The largest absolute Gasteiger partial charge is 0.370 e. The topological polar surface area (TPSA) is 25.2 Å². The van der Waals surface area contributed by atoms with E-state index in [0.717, 1.165) is 17.4 Å². The van der Waals surface area contributed by atoms with Gasteiger partial charge in [0.25, 0.3) is 5.56 Å². The molecule has 0 bridgehead atoms. The van der Waals surface area contributed by atoms with Crippen molar-refractivity contribution in [1.29, 1.82) is 0 Å². The lowest BCUT2D eigenvalue weighted by Gasteiger charge is -2.27. The number of anilines is 1. The quantitative estimate of drug-likeness (QED) is 0.625. The van der Waals surface area contributed by atoms with Crippen molar-refractivity contribution >= 4 is 28.2 Å². The summed E-state index contributed by atoms with van der Waals surface area (Å²) in [6.45, 7) is 3.03. The number of fused-ring (bicyclic) bond motifs is 4. The highest BCUT2D eigenvalue weighted by atomic mass is 16.1. The molecule has 0 aliphatic carbocycles. The van der Waals surface area contributed by atoms with Crippen LogP contribution in [0.15, 0.2) is 53.3 Å². The summed E-state index contributed by atoms with van der Waals surface area (Å²) in [6.07, 6.45) is 2.25. The Bertz CT molecular complexity index is 1040. The minimum Gasteiger partial charge on any atom is -0.370 e. The summed E-state index contributed by atoms with van der Waals surface area (Å²) in [5.41, 5.74) is 7.23. The fourth-order valence-electron chi connectivity index (χ4n) is 3.63. The second-order valence-electron chi connectivity index (χ2n) is 6.50. The monoisotopic (exact) mass is 316 g/mol. The van der Waals surface area contributed by atoms with E-state index in [2.05, 4.69) is 55.3 Å². The zero-order valence-corrected chi connectivity index (χ0v) is 14.2. The Morgan fingerprint density at radius 2 is 1.75 bits per heavy atom. The van der Waals surface area contributed by atoms with Crippen LogP contribution in [0.1, 0.15) is 23.6 Å². The summed E-state index contributed by atoms with van der Waals surface area (Å²) in [5, 5.41) is 1.11. The first-order chi connectivity index (χ1) is 11.6. The van der Waals surface area contributed by atoms with Gasteiger partial charge in [-0.1, -0.05) is 24.3 Å². The first-order valence-electron chi connectivity index (χ1n) is 8.17. The number of pyridine rings is 1. The van der Waals surface area contributed by atoms with Gasteiger partial charge in [0.15, 0.2) is 0 Å². The van der Waals surface area contributed by atoms with Gasteiger partial charge in [-0.3, -0.25) is 4.79 Å². The molecule has 1 aromatic heterocycles. The van der Waals surface area contributed by atoms with Gasteiger partial charge in [0.05, 0.1) is 5.52 Å². The maximum atomic E-state index is 12.0. The van der Waals surface area contributed by atoms with Crippen LogP contribution in [0.2, 0.25) is 0 Å². The molecule has 3 aromatic rings. The van der Waals surface area contributed by atoms with E-state index in [4.69, 9.17) is 0 Å². The minimum atomic E-state index is 0.0210. The highest BCUT2D eigenvalue weighted by Crippen LogP contribution is 2.35. The number of hydrogen-bond acceptors (Lipinski definition) is 2. The Balaban J connectivity index is 2.08. The second kappa shape index (κ2) is 5.38. The summed E-state index contributed by atoms with van der Waals surface area (Å²) in [5.74, 6) is 0. The van der Waals surface area contributed by atoms with Crippen molar-refractivity contribution in [2.45, 2.75) is 13.5 Å². The van der Waals surface area contributed by atoms with Crippen molar-refractivity contribution in [2.24, 2.45) is 7.05 Å². The first kappa shape index (κ1) is 14.8. The predicted molar refractivity (Wildman–Crippen MR) is 101 cm³/mol. The van der Waals surface area contributed by atoms with E-state index in [0.29, 0.717) is 0 Å². The van der Waals surface area contributed by atoms with E-state index in [1.54, 1.807) is 10.6 Å². The Kier molecular flexibility index (Phi) is 3.31. The molecule has 120 valence electrons. The molecular formula is C21H20N2O. The number of rotatable bonds is 0. The van der Waals surface area contributed by atoms with E-state index in [1.807, 2.05) is 19.2 Å². The van der Waals surface area contributed by atoms with Crippen LogP contribution >= 0.6 is 0 Å². The van der Waals surface area contributed by atoms with Gasteiger partial charge in [0, 0.05) is 43.3 Å².